The molecule has 11 heavy (non-hydrogen) atoms. The molecule has 66 valence electrons. The molecule has 1 saturated heterocycles. The first-order valence-corrected chi connectivity index (χ1v) is 4.34. The number of hydrogen-bond acceptors (Lipinski definition) is 3. The Kier molecular flexibility index (Phi) is 3.83. The highest BCUT2D eigenvalue weighted by Crippen LogP contribution is 1.98. The van der Waals surface area contributed by atoms with Crippen LogP contribution in [0, 0.1) is 0 Å². The molecule has 0 saturated carbocycles. The molecule has 1 atom stereocenters. The minimum absolute atomic E-state index is 0.331. The molecule has 3 nitrogen and oxygen atoms in total. The summed E-state index contributed by atoms with van der Waals surface area (Å²) in [6, 6.07) is 0.331. The molecule has 0 aromatic rings. The van der Waals surface area contributed by atoms with Gasteiger partial charge in [0.2, 0.25) is 0 Å². The highest BCUT2D eigenvalue weighted by molar-refractivity contribution is 4.64. The van der Waals surface area contributed by atoms with Crippen molar-refractivity contribution in [2.75, 3.05) is 32.8 Å². The summed E-state index contributed by atoms with van der Waals surface area (Å²) in [5.74, 6) is 0. The summed E-state index contributed by atoms with van der Waals surface area (Å²) in [5, 5.41) is 0. The molecule has 0 spiro atoms. The van der Waals surface area contributed by atoms with Gasteiger partial charge >= 0.3 is 0 Å². The van der Waals surface area contributed by atoms with Gasteiger partial charge in [0.1, 0.15) is 0 Å². The number of hydrogen-bond donors (Lipinski definition) is 1. The van der Waals surface area contributed by atoms with Crippen molar-refractivity contribution in [2.45, 2.75) is 19.4 Å². The molecule has 0 unspecified atom stereocenters. The van der Waals surface area contributed by atoms with Crippen molar-refractivity contribution in [3.8, 4) is 0 Å². The summed E-state index contributed by atoms with van der Waals surface area (Å²) in [4.78, 5) is 2.41. The molecule has 1 rings (SSSR count). The van der Waals surface area contributed by atoms with Crippen molar-refractivity contribution in [3.63, 3.8) is 0 Å². The first-order valence-electron chi connectivity index (χ1n) is 4.34. The Balaban J connectivity index is 2.05. The standard InChI is InChI=1S/C8H18N2O/c1-8(9)2-3-10-4-6-11-7-5-10/h8H,2-7,9H2,1H3/t8-/m0/s1. The van der Waals surface area contributed by atoms with Crippen molar-refractivity contribution < 1.29 is 4.74 Å². The molecule has 1 heterocycles. The van der Waals surface area contributed by atoms with Gasteiger partial charge in [0.15, 0.2) is 0 Å². The Labute approximate surface area is 68.5 Å². The highest BCUT2D eigenvalue weighted by Gasteiger charge is 2.09. The summed E-state index contributed by atoms with van der Waals surface area (Å²) >= 11 is 0. The minimum Gasteiger partial charge on any atom is -0.379 e. The van der Waals surface area contributed by atoms with E-state index >= 15 is 0 Å². The molecule has 0 aliphatic carbocycles. The van der Waals surface area contributed by atoms with E-state index in [4.69, 9.17) is 10.5 Å². The lowest BCUT2D eigenvalue weighted by Gasteiger charge is -2.26. The second-order valence-corrected chi connectivity index (χ2v) is 3.22. The van der Waals surface area contributed by atoms with E-state index in [0.717, 1.165) is 39.3 Å². The SMILES string of the molecule is C[C@H](N)CCN1CCOCC1. The van der Waals surface area contributed by atoms with Gasteiger partial charge in [-0.2, -0.15) is 0 Å². The third-order valence-corrected chi connectivity index (χ3v) is 2.00. The second kappa shape index (κ2) is 4.70. The van der Waals surface area contributed by atoms with Gasteiger partial charge in [-0.3, -0.25) is 4.90 Å². The number of nitrogens with two attached hydrogens (primary N) is 1. The smallest absolute Gasteiger partial charge is 0.0594 e. The van der Waals surface area contributed by atoms with Crippen LogP contribution in [0.2, 0.25) is 0 Å². The molecular weight excluding hydrogens is 140 g/mol. The van der Waals surface area contributed by atoms with Crippen molar-refractivity contribution in [2.24, 2.45) is 5.73 Å². The van der Waals surface area contributed by atoms with Crippen molar-refractivity contribution >= 4 is 0 Å². The topological polar surface area (TPSA) is 38.5 Å². The predicted octanol–water partition coefficient (Wildman–Crippen LogP) is 0.0559. The first-order chi connectivity index (χ1) is 5.29. The lowest BCUT2D eigenvalue weighted by Crippen LogP contribution is -2.38. The van der Waals surface area contributed by atoms with Gasteiger partial charge in [-0.1, -0.05) is 0 Å². The molecule has 0 bridgehead atoms. The van der Waals surface area contributed by atoms with E-state index in [2.05, 4.69) is 11.8 Å². The van der Waals surface area contributed by atoms with E-state index < -0.39 is 0 Å². The largest absolute Gasteiger partial charge is 0.379 e. The Hall–Kier alpha value is -0.120. The van der Waals surface area contributed by atoms with Crippen LogP contribution in [-0.4, -0.2) is 43.8 Å². The van der Waals surface area contributed by atoms with Crippen LogP contribution in [0.4, 0.5) is 0 Å². The predicted molar refractivity (Wildman–Crippen MR) is 45.5 cm³/mol. The van der Waals surface area contributed by atoms with Crippen molar-refractivity contribution in [1.82, 2.24) is 4.90 Å². The molecule has 1 aliphatic rings. The Morgan fingerprint density at radius 2 is 2.09 bits per heavy atom. The van der Waals surface area contributed by atoms with E-state index in [9.17, 15) is 0 Å². The van der Waals surface area contributed by atoms with Gasteiger partial charge in [0.05, 0.1) is 13.2 Å². The fourth-order valence-corrected chi connectivity index (χ4v) is 1.21. The summed E-state index contributed by atoms with van der Waals surface area (Å²) in [6.45, 7) is 7.11. The highest BCUT2D eigenvalue weighted by atomic mass is 16.5. The van der Waals surface area contributed by atoms with Gasteiger partial charge in [-0.05, 0) is 19.9 Å². The van der Waals surface area contributed by atoms with Crippen molar-refractivity contribution in [3.05, 3.63) is 0 Å². The number of nitrogens with zero attached hydrogens (tertiary/aromatic N) is 1. The Morgan fingerprint density at radius 1 is 1.45 bits per heavy atom. The fraction of sp³-hybridized carbons (Fsp3) is 1.00. The normalized spacial score (nSPS) is 23.5. The number of rotatable bonds is 3. The molecule has 0 amide bonds. The zero-order valence-electron chi connectivity index (χ0n) is 7.25. The maximum Gasteiger partial charge on any atom is 0.0594 e. The summed E-state index contributed by atoms with van der Waals surface area (Å²) < 4.78 is 5.23. The van der Waals surface area contributed by atoms with Crippen LogP contribution in [-0.2, 0) is 4.74 Å². The van der Waals surface area contributed by atoms with Crippen molar-refractivity contribution in [1.29, 1.82) is 0 Å². The van der Waals surface area contributed by atoms with Crippen LogP contribution < -0.4 is 5.73 Å². The summed E-state index contributed by atoms with van der Waals surface area (Å²) in [7, 11) is 0. The molecule has 0 aromatic heterocycles. The van der Waals surface area contributed by atoms with E-state index in [-0.39, 0.29) is 0 Å². The first kappa shape index (κ1) is 8.97. The van der Waals surface area contributed by atoms with Crippen LogP contribution in [0.25, 0.3) is 0 Å². The van der Waals surface area contributed by atoms with Gasteiger partial charge in [-0.25, -0.2) is 0 Å². The lowest BCUT2D eigenvalue weighted by atomic mass is 10.2. The van der Waals surface area contributed by atoms with E-state index in [1.54, 1.807) is 0 Å². The zero-order chi connectivity index (χ0) is 8.10. The van der Waals surface area contributed by atoms with Crippen LogP contribution in [0.15, 0.2) is 0 Å². The van der Waals surface area contributed by atoms with Gasteiger partial charge in [0, 0.05) is 19.1 Å². The average Bonchev–Trinajstić information content (AvgIpc) is 2.03. The second-order valence-electron chi connectivity index (χ2n) is 3.22. The van der Waals surface area contributed by atoms with E-state index in [1.807, 2.05) is 0 Å². The third kappa shape index (κ3) is 3.70. The number of morpholine rings is 1. The van der Waals surface area contributed by atoms with Crippen LogP contribution in [0.1, 0.15) is 13.3 Å². The maximum absolute atomic E-state index is 5.65. The molecule has 3 heteroatoms. The fourth-order valence-electron chi connectivity index (χ4n) is 1.21. The molecule has 1 fully saturated rings. The lowest BCUT2D eigenvalue weighted by molar-refractivity contribution is 0.0368. The summed E-state index contributed by atoms with van der Waals surface area (Å²) in [5.41, 5.74) is 5.65. The molecule has 1 aliphatic heterocycles. The quantitative estimate of drug-likeness (QED) is 0.631. The maximum atomic E-state index is 5.65. The molecule has 2 N–H and O–H groups in total. The molecule has 0 radical (unpaired) electrons. The van der Waals surface area contributed by atoms with Crippen LogP contribution in [0.5, 0.6) is 0 Å². The Bertz CT molecular complexity index is 100. The minimum atomic E-state index is 0.331. The van der Waals surface area contributed by atoms with Gasteiger partial charge in [0.25, 0.3) is 0 Å². The van der Waals surface area contributed by atoms with Gasteiger partial charge < -0.3 is 10.5 Å². The van der Waals surface area contributed by atoms with E-state index in [1.165, 1.54) is 0 Å². The van der Waals surface area contributed by atoms with Gasteiger partial charge in [-0.15, -0.1) is 0 Å². The summed E-state index contributed by atoms with van der Waals surface area (Å²) in [6.07, 6.45) is 1.10. The molecular formula is C8H18N2O. The zero-order valence-corrected chi connectivity index (χ0v) is 7.25. The third-order valence-electron chi connectivity index (χ3n) is 2.00. The number of ether oxygens (including phenoxy) is 1. The van der Waals surface area contributed by atoms with Crippen LogP contribution in [0.3, 0.4) is 0 Å². The van der Waals surface area contributed by atoms with Crippen LogP contribution >= 0.6 is 0 Å². The average molecular weight is 158 g/mol. The van der Waals surface area contributed by atoms with E-state index in [0.29, 0.717) is 6.04 Å². The monoisotopic (exact) mass is 158 g/mol. The Morgan fingerprint density at radius 3 is 2.64 bits per heavy atom. The molecule has 0 aromatic carbocycles.